The quantitative estimate of drug-likeness (QED) is 0.0783. The van der Waals surface area contributed by atoms with Crippen LogP contribution in [0.2, 0.25) is 0 Å². The molecule has 0 aromatic carbocycles. The lowest BCUT2D eigenvalue weighted by Gasteiger charge is -2.29. The molecule has 1 fully saturated rings. The second kappa shape index (κ2) is 20.7. The van der Waals surface area contributed by atoms with Crippen molar-refractivity contribution in [2.75, 3.05) is 18.1 Å². The molecule has 0 aliphatic heterocycles. The number of carbonyl (C=O) groups is 1. The maximum absolute atomic E-state index is 11.4. The summed E-state index contributed by atoms with van der Waals surface area (Å²) in [5.41, 5.74) is 0. The van der Waals surface area contributed by atoms with E-state index in [1.54, 1.807) is 0 Å². The molecule has 0 bridgehead atoms. The van der Waals surface area contributed by atoms with Gasteiger partial charge in [0.25, 0.3) is 5.34 Å². The lowest BCUT2D eigenvalue weighted by Crippen LogP contribution is -2.48. The summed E-state index contributed by atoms with van der Waals surface area (Å²) >= 11 is 2.05. The summed E-state index contributed by atoms with van der Waals surface area (Å²) < 4.78 is 28.7. The molecule has 1 rings (SSSR count). The van der Waals surface area contributed by atoms with E-state index < -0.39 is 26.1 Å². The first-order chi connectivity index (χ1) is 17.4. The van der Waals surface area contributed by atoms with Crippen molar-refractivity contribution < 1.29 is 33.8 Å². The van der Waals surface area contributed by atoms with E-state index in [1.165, 1.54) is 75.7 Å². The first-order valence-electron chi connectivity index (χ1n) is 14.2. The van der Waals surface area contributed by atoms with Crippen LogP contribution in [0.5, 0.6) is 0 Å². The lowest BCUT2D eigenvalue weighted by atomic mass is 9.97. The maximum Gasteiger partial charge on any atom is 0.353 e. The Morgan fingerprint density at radius 3 is 2.31 bits per heavy atom. The highest BCUT2D eigenvalue weighted by Gasteiger charge is 2.48. The van der Waals surface area contributed by atoms with E-state index in [2.05, 4.69) is 18.7 Å². The number of carboxylic acids is 1. The molecular formula is C27H51O7PS. The van der Waals surface area contributed by atoms with Crippen LogP contribution in [0.15, 0.2) is 0 Å². The summed E-state index contributed by atoms with van der Waals surface area (Å²) in [4.78, 5) is 11.4. The molecule has 4 atom stereocenters. The molecule has 1 saturated carbocycles. The minimum Gasteiger partial charge on any atom is -0.478 e. The van der Waals surface area contributed by atoms with Crippen LogP contribution >= 0.6 is 20.2 Å². The Labute approximate surface area is 225 Å². The van der Waals surface area contributed by atoms with Gasteiger partial charge in [-0.25, -0.2) is 4.79 Å². The maximum atomic E-state index is 11.4. The van der Waals surface area contributed by atoms with Gasteiger partial charge in [-0.3, -0.25) is 4.57 Å². The van der Waals surface area contributed by atoms with Gasteiger partial charge in [-0.2, -0.15) is 11.8 Å². The summed E-state index contributed by atoms with van der Waals surface area (Å²) in [5, 5.41) is 16.9. The Balaban J connectivity index is 2.07. The smallest absolute Gasteiger partial charge is 0.353 e. The van der Waals surface area contributed by atoms with Crippen molar-refractivity contribution >= 4 is 26.2 Å². The molecule has 7 nitrogen and oxygen atoms in total. The molecule has 0 spiro atoms. The zero-order valence-corrected chi connectivity index (χ0v) is 24.5. The molecule has 9 heteroatoms. The fraction of sp³-hybridized carbons (Fsp3) is 0.963. The molecule has 0 amide bonds. The van der Waals surface area contributed by atoms with Crippen molar-refractivity contribution in [3.63, 3.8) is 0 Å². The van der Waals surface area contributed by atoms with Crippen LogP contribution in [0.3, 0.4) is 0 Å². The molecule has 0 radical (unpaired) electrons. The Kier molecular flexibility index (Phi) is 19.4. The van der Waals surface area contributed by atoms with Crippen molar-refractivity contribution in [2.45, 2.75) is 147 Å². The van der Waals surface area contributed by atoms with Gasteiger partial charge >= 0.3 is 5.97 Å². The van der Waals surface area contributed by atoms with Crippen molar-refractivity contribution in [3.8, 4) is 0 Å². The Morgan fingerprint density at radius 2 is 1.69 bits per heavy atom. The number of carboxylic acid groups (broad SMARTS) is 1. The monoisotopic (exact) mass is 550 g/mol. The van der Waals surface area contributed by atoms with Crippen LogP contribution in [-0.4, -0.2) is 64.2 Å². The summed E-state index contributed by atoms with van der Waals surface area (Å²) in [5.74, 6) is 0.785. The van der Waals surface area contributed by atoms with Crippen molar-refractivity contribution in [1.82, 2.24) is 0 Å². The summed E-state index contributed by atoms with van der Waals surface area (Å²) in [6, 6.07) is 0. The summed E-state index contributed by atoms with van der Waals surface area (Å²) in [6.45, 7) is 6.15. The van der Waals surface area contributed by atoms with E-state index in [9.17, 15) is 19.6 Å². The SMILES string of the molecule is CCCOC(OC(C)CCCCCCCCSCCC(CC)OC1CCCCC1)C(O)(P=O)C(=O)O. The molecule has 0 aromatic heterocycles. The average Bonchev–Trinajstić information content (AvgIpc) is 2.88. The molecular weight excluding hydrogens is 499 g/mol. The third-order valence-corrected chi connectivity index (χ3v) is 8.52. The van der Waals surface area contributed by atoms with Crippen molar-refractivity contribution in [3.05, 3.63) is 0 Å². The van der Waals surface area contributed by atoms with Gasteiger partial charge in [0.15, 0.2) is 0 Å². The molecule has 36 heavy (non-hydrogen) atoms. The highest BCUT2D eigenvalue weighted by molar-refractivity contribution is 7.99. The number of aliphatic hydroxyl groups is 1. The zero-order valence-electron chi connectivity index (χ0n) is 22.8. The molecule has 0 heterocycles. The molecule has 1 aliphatic carbocycles. The van der Waals surface area contributed by atoms with Gasteiger partial charge < -0.3 is 24.4 Å². The van der Waals surface area contributed by atoms with Gasteiger partial charge in [-0.05, 0) is 63.4 Å². The fourth-order valence-electron chi connectivity index (χ4n) is 4.44. The number of hydrogen-bond donors (Lipinski definition) is 2. The molecule has 212 valence electrons. The first-order valence-corrected chi connectivity index (χ1v) is 16.1. The second-order valence-corrected chi connectivity index (χ2v) is 12.1. The molecule has 0 aromatic rings. The largest absolute Gasteiger partial charge is 0.478 e. The van der Waals surface area contributed by atoms with E-state index >= 15 is 0 Å². The van der Waals surface area contributed by atoms with Crippen LogP contribution in [0.4, 0.5) is 0 Å². The van der Waals surface area contributed by atoms with Gasteiger partial charge in [0, 0.05) is 6.61 Å². The zero-order chi connectivity index (χ0) is 26.7. The van der Waals surface area contributed by atoms with Gasteiger partial charge in [0.05, 0.1) is 18.3 Å². The highest BCUT2D eigenvalue weighted by atomic mass is 32.2. The number of ether oxygens (including phenoxy) is 3. The number of unbranched alkanes of at least 4 members (excludes halogenated alkanes) is 5. The third kappa shape index (κ3) is 14.1. The van der Waals surface area contributed by atoms with E-state index in [1.807, 2.05) is 13.8 Å². The van der Waals surface area contributed by atoms with Crippen LogP contribution in [0.1, 0.15) is 117 Å². The highest BCUT2D eigenvalue weighted by Crippen LogP contribution is 2.29. The first kappa shape index (κ1) is 33.8. The number of thioether (sulfide) groups is 1. The van der Waals surface area contributed by atoms with Gasteiger partial charge in [-0.1, -0.05) is 65.2 Å². The second-order valence-electron chi connectivity index (χ2n) is 10.0. The number of hydrogen-bond acceptors (Lipinski definition) is 7. The van der Waals surface area contributed by atoms with Crippen LogP contribution in [-0.2, 0) is 23.6 Å². The molecule has 2 N–H and O–H groups in total. The Morgan fingerprint density at radius 1 is 1.03 bits per heavy atom. The molecule has 0 saturated heterocycles. The fourth-order valence-corrected chi connectivity index (χ4v) is 5.78. The third-order valence-electron chi connectivity index (χ3n) is 6.74. The topological polar surface area (TPSA) is 102 Å². The van der Waals surface area contributed by atoms with Gasteiger partial charge in [0.1, 0.15) is 0 Å². The van der Waals surface area contributed by atoms with E-state index in [0.29, 0.717) is 18.6 Å². The number of aliphatic carboxylic acids is 1. The lowest BCUT2D eigenvalue weighted by molar-refractivity contribution is -0.231. The van der Waals surface area contributed by atoms with Crippen LogP contribution < -0.4 is 0 Å². The van der Waals surface area contributed by atoms with Gasteiger partial charge in [0.2, 0.25) is 14.8 Å². The van der Waals surface area contributed by atoms with E-state index in [0.717, 1.165) is 25.7 Å². The summed E-state index contributed by atoms with van der Waals surface area (Å²) in [7, 11) is -0.948. The van der Waals surface area contributed by atoms with E-state index in [4.69, 9.17) is 14.2 Å². The average molecular weight is 551 g/mol. The molecule has 1 aliphatic rings. The molecule has 4 unspecified atom stereocenters. The number of rotatable bonds is 23. The van der Waals surface area contributed by atoms with E-state index in [-0.39, 0.29) is 12.7 Å². The minimum atomic E-state index is -2.60. The van der Waals surface area contributed by atoms with Crippen molar-refractivity contribution in [2.24, 2.45) is 0 Å². The Hall–Kier alpha value is -0.240. The minimum absolute atomic E-state index is 0.216. The van der Waals surface area contributed by atoms with Crippen LogP contribution in [0, 0.1) is 0 Å². The van der Waals surface area contributed by atoms with Crippen LogP contribution in [0.25, 0.3) is 0 Å². The van der Waals surface area contributed by atoms with Gasteiger partial charge in [-0.15, -0.1) is 0 Å². The normalized spacial score (nSPS) is 19.1. The van der Waals surface area contributed by atoms with Crippen molar-refractivity contribution in [1.29, 1.82) is 0 Å². The predicted molar refractivity (Wildman–Crippen MR) is 147 cm³/mol. The predicted octanol–water partition coefficient (Wildman–Crippen LogP) is 7.19. The standard InChI is InChI=1S/C27H51O7PS/c1-4-19-32-26(27(30,35-31)25(28)29)33-22(3)15-11-8-6-7-9-14-20-36-21-18-23(5-2)34-24-16-12-10-13-17-24/h22-24,26,30H,4-21H2,1-3H3,(H,28,29). The Bertz CT molecular complexity index is 576. The summed E-state index contributed by atoms with van der Waals surface area (Å²) in [6.07, 6.45) is 16.3.